The summed E-state index contributed by atoms with van der Waals surface area (Å²) in [5.41, 5.74) is 5.02. The third-order valence-corrected chi connectivity index (χ3v) is 6.47. The number of hydrogen-bond acceptors (Lipinski definition) is 1. The molecular formula is C13H6I4O. The molecule has 0 saturated heterocycles. The van der Waals surface area contributed by atoms with Gasteiger partial charge in [0.15, 0.2) is 0 Å². The number of allylic oxidation sites excluding steroid dienone is 5. The minimum Gasteiger partial charge on any atom is -0.506 e. The van der Waals surface area contributed by atoms with Crippen LogP contribution in [-0.4, -0.2) is 5.11 Å². The van der Waals surface area contributed by atoms with Crippen LogP contribution in [-0.2, 0) is 0 Å². The second kappa shape index (κ2) is 5.17. The van der Waals surface area contributed by atoms with Gasteiger partial charge in [-0.05, 0) is 123 Å². The lowest BCUT2D eigenvalue weighted by molar-refractivity contribution is 0.467. The van der Waals surface area contributed by atoms with Gasteiger partial charge in [0.25, 0.3) is 0 Å². The van der Waals surface area contributed by atoms with Crippen LogP contribution in [0.2, 0.25) is 0 Å². The predicted molar refractivity (Wildman–Crippen MR) is 109 cm³/mol. The molecule has 1 N–H and O–H groups in total. The van der Waals surface area contributed by atoms with Crippen LogP contribution >= 0.6 is 90.4 Å². The predicted octanol–water partition coefficient (Wildman–Crippen LogP) is 5.87. The van der Waals surface area contributed by atoms with Gasteiger partial charge in [-0.3, -0.25) is 0 Å². The first-order chi connectivity index (χ1) is 8.49. The van der Waals surface area contributed by atoms with Crippen molar-refractivity contribution in [2.24, 2.45) is 0 Å². The molecule has 0 radical (unpaired) electrons. The van der Waals surface area contributed by atoms with Crippen molar-refractivity contribution in [2.75, 3.05) is 0 Å². The first kappa shape index (κ1) is 14.1. The molecule has 0 heterocycles. The molecule has 0 atom stereocenters. The highest BCUT2D eigenvalue weighted by Crippen LogP contribution is 2.49. The second-order valence-corrected chi connectivity index (χ2v) is 9.06. The van der Waals surface area contributed by atoms with Gasteiger partial charge in [-0.2, -0.15) is 0 Å². The van der Waals surface area contributed by atoms with E-state index in [9.17, 15) is 5.11 Å². The lowest BCUT2D eigenvalue weighted by atomic mass is 9.98. The first-order valence-electron chi connectivity index (χ1n) is 5.17. The molecule has 0 aromatic heterocycles. The van der Waals surface area contributed by atoms with Crippen LogP contribution < -0.4 is 0 Å². The van der Waals surface area contributed by atoms with Gasteiger partial charge in [0.05, 0.1) is 7.14 Å². The molecule has 1 aromatic carbocycles. The van der Waals surface area contributed by atoms with Gasteiger partial charge in [0.1, 0.15) is 5.75 Å². The fourth-order valence-corrected chi connectivity index (χ4v) is 6.67. The highest BCUT2D eigenvalue weighted by molar-refractivity contribution is 14.1. The van der Waals surface area contributed by atoms with Crippen LogP contribution in [0.3, 0.4) is 0 Å². The van der Waals surface area contributed by atoms with Gasteiger partial charge in [-0.1, -0.05) is 0 Å². The van der Waals surface area contributed by atoms with Gasteiger partial charge >= 0.3 is 0 Å². The normalized spacial score (nSPS) is 17.3. The highest BCUT2D eigenvalue weighted by atomic mass is 127. The van der Waals surface area contributed by atoms with Crippen LogP contribution in [0.25, 0.3) is 11.6 Å². The summed E-state index contributed by atoms with van der Waals surface area (Å²) in [5.74, 6) is 0.408. The Hall–Kier alpha value is 1.16. The molecule has 0 aliphatic heterocycles. The minimum absolute atomic E-state index is 0.408. The number of benzene rings is 1. The Bertz CT molecular complexity index is 668. The smallest absolute Gasteiger partial charge is 0.142 e. The topological polar surface area (TPSA) is 20.2 Å². The molecule has 3 rings (SSSR count). The lowest BCUT2D eigenvalue weighted by Gasteiger charge is -2.16. The van der Waals surface area contributed by atoms with Crippen LogP contribution in [0.4, 0.5) is 0 Å². The standard InChI is InChI=1S/C13H6I4O/c14-7-2-5-1-6-3-9(16)13(18)12(17)11(6)10(5)8(15)4-7/h1-3,18H,4H2. The Balaban J connectivity index is 2.33. The summed E-state index contributed by atoms with van der Waals surface area (Å²) in [5, 5.41) is 10.1. The summed E-state index contributed by atoms with van der Waals surface area (Å²) in [4.78, 5) is 0. The quantitative estimate of drug-likeness (QED) is 0.339. The van der Waals surface area contributed by atoms with Gasteiger partial charge in [-0.15, -0.1) is 0 Å². The maximum Gasteiger partial charge on any atom is 0.142 e. The van der Waals surface area contributed by atoms with Crippen molar-refractivity contribution in [3.05, 3.63) is 43.1 Å². The summed E-state index contributed by atoms with van der Waals surface area (Å²) >= 11 is 9.27. The monoisotopic (exact) mass is 686 g/mol. The number of rotatable bonds is 0. The van der Waals surface area contributed by atoms with E-state index in [1.165, 1.54) is 29.4 Å². The molecular weight excluding hydrogens is 680 g/mol. The van der Waals surface area contributed by atoms with Gasteiger partial charge in [0, 0.05) is 21.1 Å². The molecule has 92 valence electrons. The molecule has 5 heteroatoms. The van der Waals surface area contributed by atoms with Gasteiger partial charge in [-0.25, -0.2) is 0 Å². The molecule has 1 nitrogen and oxygen atoms in total. The molecule has 0 saturated carbocycles. The van der Waals surface area contributed by atoms with Crippen LogP contribution in [0.1, 0.15) is 17.5 Å². The van der Waals surface area contributed by atoms with Crippen molar-refractivity contribution in [2.45, 2.75) is 6.42 Å². The summed E-state index contributed by atoms with van der Waals surface area (Å²) < 4.78 is 4.62. The average Bonchev–Trinajstić information content (AvgIpc) is 2.64. The lowest BCUT2D eigenvalue weighted by Crippen LogP contribution is -1.96. The Morgan fingerprint density at radius 1 is 1.06 bits per heavy atom. The number of fused-ring (bicyclic) bond motifs is 3. The largest absolute Gasteiger partial charge is 0.506 e. The zero-order valence-electron chi connectivity index (χ0n) is 8.90. The molecule has 2 aliphatic rings. The fourth-order valence-electron chi connectivity index (χ4n) is 2.24. The van der Waals surface area contributed by atoms with Crippen LogP contribution in [0.15, 0.2) is 24.9 Å². The van der Waals surface area contributed by atoms with E-state index in [1.54, 1.807) is 0 Å². The molecule has 0 spiro atoms. The van der Waals surface area contributed by atoms with Crippen molar-refractivity contribution >= 4 is 102 Å². The third-order valence-electron chi connectivity index (χ3n) is 2.98. The van der Waals surface area contributed by atoms with Crippen molar-refractivity contribution in [3.63, 3.8) is 0 Å². The van der Waals surface area contributed by atoms with Crippen molar-refractivity contribution in [1.29, 1.82) is 0 Å². The number of hydrogen-bond donors (Lipinski definition) is 1. The number of phenols is 1. The maximum atomic E-state index is 10.1. The minimum atomic E-state index is 0.408. The first-order valence-corrected chi connectivity index (χ1v) is 9.48. The zero-order chi connectivity index (χ0) is 13.0. The molecule has 2 aliphatic carbocycles. The van der Waals surface area contributed by atoms with E-state index < -0.39 is 0 Å². The van der Waals surface area contributed by atoms with Gasteiger partial charge in [0.2, 0.25) is 0 Å². The maximum absolute atomic E-state index is 10.1. The van der Waals surface area contributed by atoms with Crippen molar-refractivity contribution in [3.8, 4) is 5.75 Å². The van der Waals surface area contributed by atoms with Crippen molar-refractivity contribution in [1.82, 2.24) is 0 Å². The summed E-state index contributed by atoms with van der Waals surface area (Å²) in [6.45, 7) is 0. The van der Waals surface area contributed by atoms with E-state index in [2.05, 4.69) is 109 Å². The Morgan fingerprint density at radius 2 is 1.78 bits per heavy atom. The summed E-state index contributed by atoms with van der Waals surface area (Å²) in [6, 6.07) is 2.07. The van der Waals surface area contributed by atoms with E-state index in [-0.39, 0.29) is 0 Å². The van der Waals surface area contributed by atoms with E-state index in [1.807, 2.05) is 0 Å². The summed E-state index contributed by atoms with van der Waals surface area (Å²) in [7, 11) is 0. The average molecular weight is 686 g/mol. The van der Waals surface area contributed by atoms with Gasteiger partial charge < -0.3 is 5.11 Å². The van der Waals surface area contributed by atoms with E-state index >= 15 is 0 Å². The van der Waals surface area contributed by atoms with Crippen LogP contribution in [0, 0.1) is 7.14 Å². The van der Waals surface area contributed by atoms with E-state index in [0.29, 0.717) is 5.75 Å². The number of aromatic hydroxyl groups is 1. The second-order valence-electron chi connectivity index (χ2n) is 4.13. The molecule has 18 heavy (non-hydrogen) atoms. The Kier molecular flexibility index (Phi) is 4.05. The number of phenolic OH excluding ortho intramolecular Hbond substituents is 1. The molecule has 0 bridgehead atoms. The number of halogens is 4. The fraction of sp³-hybridized carbons (Fsp3) is 0.0769. The third kappa shape index (κ3) is 2.20. The molecule has 1 aromatic rings. The van der Waals surface area contributed by atoms with E-state index in [4.69, 9.17) is 0 Å². The summed E-state index contributed by atoms with van der Waals surface area (Å²) in [6.07, 6.45) is 5.49. The highest BCUT2D eigenvalue weighted by Gasteiger charge is 2.28. The molecule has 0 amide bonds. The van der Waals surface area contributed by atoms with Crippen LogP contribution in [0.5, 0.6) is 5.75 Å². The Labute approximate surface area is 160 Å². The SMILES string of the molecule is Oc1c(I)cc2c(c1I)C1=C(I)CC(I)=CC1=C2. The Morgan fingerprint density at radius 3 is 2.50 bits per heavy atom. The van der Waals surface area contributed by atoms with Crippen molar-refractivity contribution < 1.29 is 5.11 Å². The molecule has 0 fully saturated rings. The van der Waals surface area contributed by atoms with E-state index in [0.717, 1.165) is 13.6 Å². The molecule has 0 unspecified atom stereocenters. The zero-order valence-corrected chi connectivity index (χ0v) is 17.5.